The van der Waals surface area contributed by atoms with Crippen molar-refractivity contribution in [2.45, 2.75) is 11.8 Å². The van der Waals surface area contributed by atoms with E-state index in [4.69, 9.17) is 5.11 Å². The molecule has 0 unspecified atom stereocenters. The maximum absolute atomic E-state index is 9.11. The molecule has 0 aromatic heterocycles. The smallest absolute Gasteiger partial charge is 0.116 e. The molecule has 0 bridgehead atoms. The lowest BCUT2D eigenvalue weighted by atomic mass is 10.2. The molecule has 0 amide bonds. The lowest BCUT2D eigenvalue weighted by Crippen LogP contribution is -1.73. The van der Waals surface area contributed by atoms with Crippen molar-refractivity contribution < 1.29 is 5.11 Å². The molecule has 1 aromatic rings. The van der Waals surface area contributed by atoms with Gasteiger partial charge < -0.3 is 5.11 Å². The Balaban J connectivity index is 3.06. The van der Waals surface area contributed by atoms with Gasteiger partial charge in [0.2, 0.25) is 0 Å². The molecule has 0 fully saturated rings. The lowest BCUT2D eigenvalue weighted by Gasteiger charge is -1.98. The van der Waals surface area contributed by atoms with Crippen molar-refractivity contribution in [3.63, 3.8) is 0 Å². The fourth-order valence-corrected chi connectivity index (χ4v) is 1.39. The summed E-state index contributed by atoms with van der Waals surface area (Å²) in [7, 11) is 0. The van der Waals surface area contributed by atoms with Gasteiger partial charge in [0, 0.05) is 4.90 Å². The van der Waals surface area contributed by atoms with Crippen molar-refractivity contribution in [3.8, 4) is 5.75 Å². The third-order valence-corrected chi connectivity index (χ3v) is 1.98. The largest absolute Gasteiger partial charge is 0.508 e. The van der Waals surface area contributed by atoms with Gasteiger partial charge in [-0.05, 0) is 36.9 Å². The zero-order valence-corrected chi connectivity index (χ0v) is 6.90. The number of aryl methyl sites for hydroxylation is 1. The number of hydrogen-bond donors (Lipinski definition) is 1. The van der Waals surface area contributed by atoms with Crippen molar-refractivity contribution >= 4 is 11.8 Å². The highest BCUT2D eigenvalue weighted by Gasteiger charge is 1.93. The van der Waals surface area contributed by atoms with Crippen molar-refractivity contribution in [3.05, 3.63) is 23.8 Å². The maximum Gasteiger partial charge on any atom is 0.116 e. The van der Waals surface area contributed by atoms with E-state index < -0.39 is 0 Å². The minimum absolute atomic E-state index is 0.351. The summed E-state index contributed by atoms with van der Waals surface area (Å²) in [6.45, 7) is 1.97. The summed E-state index contributed by atoms with van der Waals surface area (Å²) in [6.07, 6.45) is 1.99. The molecule has 0 heterocycles. The zero-order valence-electron chi connectivity index (χ0n) is 6.09. The van der Waals surface area contributed by atoms with E-state index in [0.717, 1.165) is 10.5 Å². The average molecular weight is 154 g/mol. The molecule has 2 heteroatoms. The average Bonchev–Trinajstić information content (AvgIpc) is 1.85. The van der Waals surface area contributed by atoms with Gasteiger partial charge in [0.05, 0.1) is 0 Å². The Morgan fingerprint density at radius 2 is 2.00 bits per heavy atom. The molecule has 1 aromatic carbocycles. The minimum atomic E-state index is 0.351. The van der Waals surface area contributed by atoms with Crippen LogP contribution in [-0.4, -0.2) is 11.4 Å². The predicted molar refractivity (Wildman–Crippen MR) is 44.6 cm³/mol. The van der Waals surface area contributed by atoms with Gasteiger partial charge in [0.1, 0.15) is 5.75 Å². The standard InChI is InChI=1S/C8H10OS/c1-6-3-7(9)5-8(4-6)10-2/h3-5,9H,1-2H3. The Labute approximate surface area is 65.1 Å². The van der Waals surface area contributed by atoms with Gasteiger partial charge in [0.15, 0.2) is 0 Å². The monoisotopic (exact) mass is 154 g/mol. The van der Waals surface area contributed by atoms with Crippen LogP contribution in [0.5, 0.6) is 5.75 Å². The molecule has 0 spiro atoms. The normalized spacial score (nSPS) is 9.80. The van der Waals surface area contributed by atoms with Gasteiger partial charge in [-0.25, -0.2) is 0 Å². The van der Waals surface area contributed by atoms with E-state index in [1.807, 2.05) is 19.2 Å². The van der Waals surface area contributed by atoms with Crippen LogP contribution in [0.15, 0.2) is 23.1 Å². The molecule has 54 valence electrons. The highest BCUT2D eigenvalue weighted by atomic mass is 32.2. The summed E-state index contributed by atoms with van der Waals surface area (Å²) >= 11 is 1.64. The van der Waals surface area contributed by atoms with Crippen molar-refractivity contribution in [1.29, 1.82) is 0 Å². The Morgan fingerprint density at radius 1 is 1.30 bits per heavy atom. The summed E-state index contributed by atoms with van der Waals surface area (Å²) in [5.74, 6) is 0.351. The van der Waals surface area contributed by atoms with Crippen LogP contribution in [0.4, 0.5) is 0 Å². The number of benzene rings is 1. The highest BCUT2D eigenvalue weighted by molar-refractivity contribution is 7.98. The second-order valence-corrected chi connectivity index (χ2v) is 3.09. The Hall–Kier alpha value is -0.630. The number of rotatable bonds is 1. The van der Waals surface area contributed by atoms with E-state index in [0.29, 0.717) is 5.75 Å². The molecule has 1 nitrogen and oxygen atoms in total. The topological polar surface area (TPSA) is 20.2 Å². The molecule has 0 aliphatic rings. The third kappa shape index (κ3) is 1.67. The van der Waals surface area contributed by atoms with E-state index in [2.05, 4.69) is 0 Å². The summed E-state index contributed by atoms with van der Waals surface area (Å²) in [5.41, 5.74) is 1.10. The Bertz CT molecular complexity index is 212. The number of aromatic hydroxyl groups is 1. The second-order valence-electron chi connectivity index (χ2n) is 2.21. The molecule has 1 rings (SSSR count). The molecular weight excluding hydrogens is 144 g/mol. The Kier molecular flexibility index (Phi) is 2.22. The van der Waals surface area contributed by atoms with E-state index in [1.165, 1.54) is 0 Å². The first-order valence-electron chi connectivity index (χ1n) is 3.07. The maximum atomic E-state index is 9.11. The quantitative estimate of drug-likeness (QED) is 0.627. The minimum Gasteiger partial charge on any atom is -0.508 e. The molecule has 0 saturated carbocycles. The van der Waals surface area contributed by atoms with Crippen LogP contribution < -0.4 is 0 Å². The van der Waals surface area contributed by atoms with E-state index >= 15 is 0 Å². The summed E-state index contributed by atoms with van der Waals surface area (Å²) in [4.78, 5) is 1.11. The lowest BCUT2D eigenvalue weighted by molar-refractivity contribution is 0.473. The zero-order chi connectivity index (χ0) is 7.56. The van der Waals surface area contributed by atoms with Gasteiger partial charge in [0.25, 0.3) is 0 Å². The highest BCUT2D eigenvalue weighted by Crippen LogP contribution is 2.21. The van der Waals surface area contributed by atoms with Crippen molar-refractivity contribution in [2.75, 3.05) is 6.26 Å². The molecule has 0 saturated heterocycles. The van der Waals surface area contributed by atoms with Crippen LogP contribution in [0.25, 0.3) is 0 Å². The fourth-order valence-electron chi connectivity index (χ4n) is 0.846. The SMILES string of the molecule is CSc1cc(C)cc(O)c1. The van der Waals surface area contributed by atoms with Crippen LogP contribution in [0.1, 0.15) is 5.56 Å². The summed E-state index contributed by atoms with van der Waals surface area (Å²) < 4.78 is 0. The van der Waals surface area contributed by atoms with Gasteiger partial charge in [-0.3, -0.25) is 0 Å². The number of thioether (sulfide) groups is 1. The summed E-state index contributed by atoms with van der Waals surface area (Å²) in [6, 6.07) is 5.56. The van der Waals surface area contributed by atoms with Crippen LogP contribution in [0, 0.1) is 6.92 Å². The molecule has 10 heavy (non-hydrogen) atoms. The van der Waals surface area contributed by atoms with Crippen LogP contribution in [0.3, 0.4) is 0 Å². The third-order valence-electron chi connectivity index (χ3n) is 1.27. The first kappa shape index (κ1) is 7.48. The van der Waals surface area contributed by atoms with Crippen LogP contribution in [0.2, 0.25) is 0 Å². The molecular formula is C8H10OS. The first-order valence-corrected chi connectivity index (χ1v) is 4.29. The van der Waals surface area contributed by atoms with Crippen LogP contribution >= 0.6 is 11.8 Å². The summed E-state index contributed by atoms with van der Waals surface area (Å²) in [5, 5.41) is 9.11. The van der Waals surface area contributed by atoms with Gasteiger partial charge in [-0.1, -0.05) is 0 Å². The van der Waals surface area contributed by atoms with E-state index in [9.17, 15) is 0 Å². The predicted octanol–water partition coefficient (Wildman–Crippen LogP) is 2.42. The Morgan fingerprint density at radius 3 is 2.50 bits per heavy atom. The molecule has 1 N–H and O–H groups in total. The van der Waals surface area contributed by atoms with E-state index in [1.54, 1.807) is 23.9 Å². The number of phenols is 1. The number of hydrogen-bond acceptors (Lipinski definition) is 2. The van der Waals surface area contributed by atoms with Gasteiger partial charge in [-0.2, -0.15) is 0 Å². The van der Waals surface area contributed by atoms with Crippen LogP contribution in [-0.2, 0) is 0 Å². The van der Waals surface area contributed by atoms with E-state index in [-0.39, 0.29) is 0 Å². The van der Waals surface area contributed by atoms with Crippen molar-refractivity contribution in [2.24, 2.45) is 0 Å². The molecule has 0 aliphatic heterocycles. The molecule has 0 atom stereocenters. The first-order chi connectivity index (χ1) is 4.72. The second kappa shape index (κ2) is 2.97. The van der Waals surface area contributed by atoms with Crippen molar-refractivity contribution in [1.82, 2.24) is 0 Å². The molecule has 0 aliphatic carbocycles. The molecule has 0 radical (unpaired) electrons. The van der Waals surface area contributed by atoms with Gasteiger partial charge >= 0.3 is 0 Å². The van der Waals surface area contributed by atoms with Gasteiger partial charge in [-0.15, -0.1) is 11.8 Å². The number of phenolic OH excluding ortho intramolecular Hbond substituents is 1. The fraction of sp³-hybridized carbons (Fsp3) is 0.250.